The Labute approximate surface area is 228 Å². The molecule has 3 aromatic rings. The highest BCUT2D eigenvalue weighted by atomic mass is 16.5. The lowest BCUT2D eigenvalue weighted by Crippen LogP contribution is -2.30. The Morgan fingerprint density at radius 3 is 2.79 bits per heavy atom. The molecule has 0 saturated carbocycles. The lowest BCUT2D eigenvalue weighted by atomic mass is 10.1. The lowest BCUT2D eigenvalue weighted by Gasteiger charge is -2.23. The van der Waals surface area contributed by atoms with E-state index in [1.165, 1.54) is 6.08 Å². The summed E-state index contributed by atoms with van der Waals surface area (Å²) in [6, 6.07) is 7.97. The van der Waals surface area contributed by atoms with Gasteiger partial charge in [0, 0.05) is 50.1 Å². The molecule has 0 bridgehead atoms. The summed E-state index contributed by atoms with van der Waals surface area (Å²) in [5, 5.41) is 14.5. The number of anilines is 3. The van der Waals surface area contributed by atoms with E-state index in [1.54, 1.807) is 9.42 Å². The third-order valence-electron chi connectivity index (χ3n) is 7.26. The van der Waals surface area contributed by atoms with Crippen LogP contribution in [0.4, 0.5) is 17.6 Å². The third kappa shape index (κ3) is 6.19. The summed E-state index contributed by atoms with van der Waals surface area (Å²) in [5.74, 6) is 0.971. The maximum Gasteiger partial charge on any atom is 0.245 e. The van der Waals surface area contributed by atoms with E-state index in [0.29, 0.717) is 43.6 Å². The quantitative estimate of drug-likeness (QED) is 0.358. The molecule has 4 heterocycles. The van der Waals surface area contributed by atoms with Crippen molar-refractivity contribution in [2.24, 2.45) is 5.92 Å². The number of benzene rings is 1. The van der Waals surface area contributed by atoms with Crippen molar-refractivity contribution >= 4 is 35.0 Å². The van der Waals surface area contributed by atoms with Gasteiger partial charge in [-0.3, -0.25) is 9.59 Å². The minimum atomic E-state index is -0.235. The van der Waals surface area contributed by atoms with Crippen LogP contribution in [0.3, 0.4) is 0 Å². The summed E-state index contributed by atoms with van der Waals surface area (Å²) in [7, 11) is 0. The Morgan fingerprint density at radius 1 is 1.21 bits per heavy atom. The first-order valence-corrected chi connectivity index (χ1v) is 13.6. The highest BCUT2D eigenvalue weighted by molar-refractivity contribution is 5.94. The van der Waals surface area contributed by atoms with Crippen LogP contribution in [0.2, 0.25) is 0 Å². The molecule has 11 nitrogen and oxygen atoms in total. The van der Waals surface area contributed by atoms with Crippen molar-refractivity contribution in [2.45, 2.75) is 51.6 Å². The number of aromatic nitrogens is 4. The van der Waals surface area contributed by atoms with Gasteiger partial charge in [0.05, 0.1) is 12.1 Å². The average Bonchev–Trinajstić information content (AvgIpc) is 3.60. The first-order valence-electron chi connectivity index (χ1n) is 13.6. The van der Waals surface area contributed by atoms with E-state index >= 15 is 0 Å². The summed E-state index contributed by atoms with van der Waals surface area (Å²) in [6.07, 6.45) is 5.61. The molecule has 1 unspecified atom stereocenters. The first-order chi connectivity index (χ1) is 18.9. The van der Waals surface area contributed by atoms with Gasteiger partial charge in [0.25, 0.3) is 0 Å². The van der Waals surface area contributed by atoms with E-state index in [4.69, 9.17) is 14.7 Å². The number of hydrogen-bond acceptors (Lipinski definition) is 8. The molecule has 11 heteroatoms. The van der Waals surface area contributed by atoms with E-state index in [-0.39, 0.29) is 29.7 Å². The average molecular weight is 533 g/mol. The van der Waals surface area contributed by atoms with E-state index in [9.17, 15) is 9.59 Å². The Morgan fingerprint density at radius 2 is 2.03 bits per heavy atom. The summed E-state index contributed by atoms with van der Waals surface area (Å²) < 4.78 is 7.23. The number of hydrogen-bond donors (Lipinski definition) is 3. The Kier molecular flexibility index (Phi) is 8.06. The predicted molar refractivity (Wildman–Crippen MR) is 150 cm³/mol. The molecule has 5 rings (SSSR count). The van der Waals surface area contributed by atoms with E-state index < -0.39 is 0 Å². The first kappa shape index (κ1) is 26.6. The molecule has 0 aliphatic carbocycles. The number of nitrogens with zero attached hydrogens (tertiary/aromatic N) is 5. The van der Waals surface area contributed by atoms with Crippen LogP contribution in [-0.2, 0) is 20.9 Å². The van der Waals surface area contributed by atoms with Crippen LogP contribution in [0, 0.1) is 5.92 Å². The van der Waals surface area contributed by atoms with Gasteiger partial charge in [-0.25, -0.2) is 0 Å². The van der Waals surface area contributed by atoms with Gasteiger partial charge in [0.15, 0.2) is 5.65 Å². The molecule has 2 fully saturated rings. The number of carbonyl (C=O) groups is 2. The second kappa shape index (κ2) is 11.8. The van der Waals surface area contributed by atoms with Crippen LogP contribution in [0.25, 0.3) is 5.65 Å². The van der Waals surface area contributed by atoms with Crippen LogP contribution in [0.15, 0.2) is 43.1 Å². The number of carbonyl (C=O) groups excluding carboxylic acids is 2. The fraction of sp³-hybridized carbons (Fsp3) is 0.464. The molecule has 2 aliphatic rings. The molecular weight excluding hydrogens is 496 g/mol. The number of likely N-dealkylation sites (tertiary alicyclic amines) is 1. The molecule has 206 valence electrons. The lowest BCUT2D eigenvalue weighted by molar-refractivity contribution is -0.125. The number of rotatable bonds is 9. The van der Waals surface area contributed by atoms with Gasteiger partial charge in [-0.2, -0.15) is 19.6 Å². The zero-order chi connectivity index (χ0) is 27.4. The molecule has 3 N–H and O–H groups in total. The molecule has 2 aromatic heterocycles. The minimum Gasteiger partial charge on any atom is -0.381 e. The second-order valence-electron chi connectivity index (χ2n) is 10.4. The molecule has 1 aromatic carbocycles. The smallest absolute Gasteiger partial charge is 0.245 e. The summed E-state index contributed by atoms with van der Waals surface area (Å²) >= 11 is 0. The summed E-state index contributed by atoms with van der Waals surface area (Å²) in [5.41, 5.74) is 3.52. The van der Waals surface area contributed by atoms with Crippen LogP contribution in [-0.4, -0.2) is 68.6 Å². The van der Waals surface area contributed by atoms with Crippen LogP contribution >= 0.6 is 0 Å². The van der Waals surface area contributed by atoms with E-state index in [0.717, 1.165) is 42.8 Å². The van der Waals surface area contributed by atoms with E-state index in [2.05, 4.69) is 41.5 Å². The standard InChI is InChI=1S/C28H36N8O3/c1-4-24(37)35-11-8-20(17-35)26(38)31-22-7-5-6-19(14-22)15-29-28-34-27(32-21-9-12-39-13-10-21)33-25-23(18(2)3)16-30-36(25)28/h4-7,14,16,18,20-21H,1,8-13,15,17H2,2-3H3,(H,31,38)(H2,29,32,33,34). The van der Waals surface area contributed by atoms with Gasteiger partial charge < -0.3 is 25.6 Å². The third-order valence-corrected chi connectivity index (χ3v) is 7.26. The fourth-order valence-corrected chi connectivity index (χ4v) is 4.99. The molecule has 0 radical (unpaired) electrons. The summed E-state index contributed by atoms with van der Waals surface area (Å²) in [4.78, 5) is 35.9. The topological polar surface area (TPSA) is 126 Å². The van der Waals surface area contributed by atoms with Crippen molar-refractivity contribution in [3.05, 3.63) is 54.2 Å². The Hall–Kier alpha value is -3.99. The maximum atomic E-state index is 12.8. The van der Waals surface area contributed by atoms with Crippen molar-refractivity contribution in [3.63, 3.8) is 0 Å². The van der Waals surface area contributed by atoms with Gasteiger partial charge in [0.2, 0.25) is 23.7 Å². The number of nitrogens with one attached hydrogen (secondary N) is 3. The molecule has 39 heavy (non-hydrogen) atoms. The van der Waals surface area contributed by atoms with Crippen molar-refractivity contribution in [2.75, 3.05) is 42.3 Å². The molecule has 2 saturated heterocycles. The molecular formula is C28H36N8O3. The zero-order valence-electron chi connectivity index (χ0n) is 22.5. The Bertz CT molecular complexity index is 1350. The molecule has 1 atom stereocenters. The maximum absolute atomic E-state index is 12.8. The van der Waals surface area contributed by atoms with Crippen LogP contribution < -0.4 is 16.0 Å². The van der Waals surface area contributed by atoms with Gasteiger partial charge in [-0.1, -0.05) is 32.6 Å². The molecule has 2 amide bonds. The van der Waals surface area contributed by atoms with Crippen molar-refractivity contribution < 1.29 is 14.3 Å². The minimum absolute atomic E-state index is 0.0847. The fourth-order valence-electron chi connectivity index (χ4n) is 4.99. The molecule has 0 spiro atoms. The van der Waals surface area contributed by atoms with Gasteiger partial charge >= 0.3 is 0 Å². The van der Waals surface area contributed by atoms with E-state index in [1.807, 2.05) is 30.5 Å². The second-order valence-corrected chi connectivity index (χ2v) is 10.4. The largest absolute Gasteiger partial charge is 0.381 e. The summed E-state index contributed by atoms with van der Waals surface area (Å²) in [6.45, 7) is 10.7. The highest BCUT2D eigenvalue weighted by Gasteiger charge is 2.30. The van der Waals surface area contributed by atoms with Crippen LogP contribution in [0.1, 0.15) is 50.2 Å². The normalized spacial score (nSPS) is 17.9. The Balaban J connectivity index is 1.29. The SMILES string of the molecule is C=CC(=O)N1CCC(C(=O)Nc2cccc(CNc3nc(NC4CCOCC4)nc4c(C(C)C)cnn34)c2)C1. The number of fused-ring (bicyclic) bond motifs is 1. The molecule has 2 aliphatic heterocycles. The highest BCUT2D eigenvalue weighted by Crippen LogP contribution is 2.24. The zero-order valence-corrected chi connectivity index (χ0v) is 22.5. The van der Waals surface area contributed by atoms with Crippen LogP contribution in [0.5, 0.6) is 0 Å². The monoisotopic (exact) mass is 532 g/mol. The number of ether oxygens (including phenoxy) is 1. The van der Waals surface area contributed by atoms with Crippen molar-refractivity contribution in [1.29, 1.82) is 0 Å². The van der Waals surface area contributed by atoms with Gasteiger partial charge in [0.1, 0.15) is 0 Å². The van der Waals surface area contributed by atoms with Crippen molar-refractivity contribution in [1.82, 2.24) is 24.5 Å². The van der Waals surface area contributed by atoms with Gasteiger partial charge in [-0.05, 0) is 49.0 Å². The predicted octanol–water partition coefficient (Wildman–Crippen LogP) is 3.42. The van der Waals surface area contributed by atoms with Gasteiger partial charge in [-0.15, -0.1) is 0 Å². The van der Waals surface area contributed by atoms with Crippen molar-refractivity contribution in [3.8, 4) is 0 Å². The number of amides is 2.